The van der Waals surface area contributed by atoms with Crippen molar-refractivity contribution in [1.82, 2.24) is 10.3 Å². The van der Waals surface area contributed by atoms with E-state index in [2.05, 4.69) is 15.0 Å². The Morgan fingerprint density at radius 2 is 1.90 bits per heavy atom. The van der Waals surface area contributed by atoms with E-state index in [1.54, 1.807) is 6.07 Å². The number of hydrogen-bond donors (Lipinski definition) is 2. The van der Waals surface area contributed by atoms with Gasteiger partial charge >= 0.3 is 0 Å². The summed E-state index contributed by atoms with van der Waals surface area (Å²) in [5.74, 6) is -0.771. The van der Waals surface area contributed by atoms with Gasteiger partial charge in [0.1, 0.15) is 10.7 Å². The number of nitrogens with one attached hydrogen (secondary N) is 2. The Labute approximate surface area is 123 Å². The molecule has 0 unspecified atom stereocenters. The first-order valence-corrected chi connectivity index (χ1v) is 7.93. The number of halogens is 1. The van der Waals surface area contributed by atoms with E-state index >= 15 is 0 Å². The van der Waals surface area contributed by atoms with Gasteiger partial charge in [0.15, 0.2) is 0 Å². The zero-order chi connectivity index (χ0) is 15.3. The van der Waals surface area contributed by atoms with Crippen LogP contribution < -0.4 is 10.0 Å². The van der Waals surface area contributed by atoms with E-state index in [1.165, 1.54) is 36.7 Å². The van der Waals surface area contributed by atoms with Crippen molar-refractivity contribution in [2.45, 2.75) is 18.4 Å². The Bertz CT molecular complexity index is 705. The van der Waals surface area contributed by atoms with Crippen molar-refractivity contribution in [2.24, 2.45) is 0 Å². The standard InChI is InChI=1S/C14H16FN3O2S/c1-2-16-10-11-3-4-14(13(15)9-11)21(19,20)18-12-5-7-17-8-6-12/h3-9,16H,2,10H2,1H3,(H,17,18). The van der Waals surface area contributed by atoms with E-state index in [9.17, 15) is 12.8 Å². The maximum Gasteiger partial charge on any atom is 0.264 e. The van der Waals surface area contributed by atoms with Gasteiger partial charge in [0.25, 0.3) is 10.0 Å². The van der Waals surface area contributed by atoms with Crippen LogP contribution in [0.5, 0.6) is 0 Å². The molecule has 1 heterocycles. The second kappa shape index (κ2) is 6.64. The van der Waals surface area contributed by atoms with Gasteiger partial charge in [0, 0.05) is 18.9 Å². The molecule has 21 heavy (non-hydrogen) atoms. The number of rotatable bonds is 6. The second-order valence-electron chi connectivity index (χ2n) is 4.39. The Kier molecular flexibility index (Phi) is 4.87. The van der Waals surface area contributed by atoms with Crippen LogP contribution in [0.3, 0.4) is 0 Å². The van der Waals surface area contributed by atoms with Crippen LogP contribution in [0.4, 0.5) is 10.1 Å². The molecule has 5 nitrogen and oxygen atoms in total. The molecule has 2 aromatic rings. The highest BCUT2D eigenvalue weighted by Crippen LogP contribution is 2.19. The molecule has 0 fully saturated rings. The van der Waals surface area contributed by atoms with Crippen LogP contribution in [0.2, 0.25) is 0 Å². The van der Waals surface area contributed by atoms with Crippen molar-refractivity contribution in [3.63, 3.8) is 0 Å². The van der Waals surface area contributed by atoms with Gasteiger partial charge in [-0.05, 0) is 36.4 Å². The Balaban J connectivity index is 2.24. The Morgan fingerprint density at radius 3 is 2.52 bits per heavy atom. The maximum absolute atomic E-state index is 14.0. The summed E-state index contributed by atoms with van der Waals surface area (Å²) in [5.41, 5.74) is 1.03. The van der Waals surface area contributed by atoms with E-state index in [4.69, 9.17) is 0 Å². The molecule has 0 amide bonds. The summed E-state index contributed by atoms with van der Waals surface area (Å²) in [6.45, 7) is 3.19. The minimum atomic E-state index is -3.95. The van der Waals surface area contributed by atoms with Crippen LogP contribution in [-0.2, 0) is 16.6 Å². The highest BCUT2D eigenvalue weighted by Gasteiger charge is 2.19. The van der Waals surface area contributed by atoms with E-state index in [1.807, 2.05) is 6.92 Å². The van der Waals surface area contributed by atoms with Crippen molar-refractivity contribution in [3.8, 4) is 0 Å². The lowest BCUT2D eigenvalue weighted by Crippen LogP contribution is -2.16. The molecule has 1 aromatic carbocycles. The van der Waals surface area contributed by atoms with Gasteiger partial charge in [0.05, 0.1) is 5.69 Å². The zero-order valence-electron chi connectivity index (χ0n) is 11.5. The third-order valence-electron chi connectivity index (χ3n) is 2.80. The second-order valence-corrected chi connectivity index (χ2v) is 6.04. The lowest BCUT2D eigenvalue weighted by molar-refractivity contribution is 0.568. The molecular weight excluding hydrogens is 293 g/mol. The van der Waals surface area contributed by atoms with Crippen molar-refractivity contribution in [1.29, 1.82) is 0 Å². The smallest absolute Gasteiger partial charge is 0.264 e. The zero-order valence-corrected chi connectivity index (χ0v) is 12.3. The molecule has 1 aromatic heterocycles. The number of hydrogen-bond acceptors (Lipinski definition) is 4. The molecule has 0 bridgehead atoms. The van der Waals surface area contributed by atoms with E-state index in [0.29, 0.717) is 17.8 Å². The molecule has 0 spiro atoms. The molecule has 0 saturated heterocycles. The molecule has 2 rings (SSSR count). The fourth-order valence-corrected chi connectivity index (χ4v) is 2.89. The van der Waals surface area contributed by atoms with Crippen LogP contribution in [0, 0.1) is 5.82 Å². The molecule has 7 heteroatoms. The van der Waals surface area contributed by atoms with Crippen molar-refractivity contribution in [3.05, 3.63) is 54.1 Å². The quantitative estimate of drug-likeness (QED) is 0.857. The summed E-state index contributed by atoms with van der Waals surface area (Å²) in [6.07, 6.45) is 2.90. The van der Waals surface area contributed by atoms with Gasteiger partial charge in [-0.2, -0.15) is 0 Å². The van der Waals surface area contributed by atoms with Crippen LogP contribution >= 0.6 is 0 Å². The summed E-state index contributed by atoms with van der Waals surface area (Å²) in [7, 11) is -3.95. The molecule has 0 radical (unpaired) electrons. The number of sulfonamides is 1. The number of benzene rings is 1. The Morgan fingerprint density at radius 1 is 1.19 bits per heavy atom. The molecule has 0 aliphatic heterocycles. The normalized spacial score (nSPS) is 11.3. The topological polar surface area (TPSA) is 71.1 Å². The van der Waals surface area contributed by atoms with E-state index in [-0.39, 0.29) is 4.90 Å². The highest BCUT2D eigenvalue weighted by molar-refractivity contribution is 7.92. The first kappa shape index (κ1) is 15.4. The molecular formula is C14H16FN3O2S. The van der Waals surface area contributed by atoms with Crippen LogP contribution in [0.1, 0.15) is 12.5 Å². The van der Waals surface area contributed by atoms with Gasteiger partial charge < -0.3 is 5.32 Å². The summed E-state index contributed by atoms with van der Waals surface area (Å²) in [5, 5.41) is 3.05. The van der Waals surface area contributed by atoms with Crippen LogP contribution in [0.25, 0.3) is 0 Å². The third kappa shape index (κ3) is 3.99. The largest absolute Gasteiger partial charge is 0.313 e. The summed E-state index contributed by atoms with van der Waals surface area (Å²) >= 11 is 0. The molecule has 0 aliphatic rings. The van der Waals surface area contributed by atoms with Crippen LogP contribution in [0.15, 0.2) is 47.6 Å². The molecule has 0 aliphatic carbocycles. The first-order valence-electron chi connectivity index (χ1n) is 6.45. The maximum atomic E-state index is 14.0. The van der Waals surface area contributed by atoms with Gasteiger partial charge in [-0.25, -0.2) is 12.8 Å². The average Bonchev–Trinajstić information content (AvgIpc) is 2.45. The third-order valence-corrected chi connectivity index (χ3v) is 4.21. The fourth-order valence-electron chi connectivity index (χ4n) is 1.77. The predicted molar refractivity (Wildman–Crippen MR) is 78.8 cm³/mol. The average molecular weight is 309 g/mol. The summed E-state index contributed by atoms with van der Waals surface area (Å²) in [4.78, 5) is 3.41. The van der Waals surface area contributed by atoms with Crippen molar-refractivity contribution in [2.75, 3.05) is 11.3 Å². The Hall–Kier alpha value is -1.99. The summed E-state index contributed by atoms with van der Waals surface area (Å²) in [6, 6.07) is 7.08. The summed E-state index contributed by atoms with van der Waals surface area (Å²) < 4.78 is 40.7. The SMILES string of the molecule is CCNCc1ccc(S(=O)(=O)Nc2ccncc2)c(F)c1. The minimum absolute atomic E-state index is 0.334. The number of anilines is 1. The molecule has 2 N–H and O–H groups in total. The van der Waals surface area contributed by atoms with Crippen LogP contribution in [-0.4, -0.2) is 19.9 Å². The first-order chi connectivity index (χ1) is 10.0. The lowest BCUT2D eigenvalue weighted by Gasteiger charge is -2.10. The number of nitrogens with zero attached hydrogens (tertiary/aromatic N) is 1. The minimum Gasteiger partial charge on any atom is -0.313 e. The van der Waals surface area contributed by atoms with Gasteiger partial charge in [-0.3, -0.25) is 9.71 Å². The monoisotopic (exact) mass is 309 g/mol. The van der Waals surface area contributed by atoms with Gasteiger partial charge in [0.2, 0.25) is 0 Å². The van der Waals surface area contributed by atoms with E-state index in [0.717, 1.165) is 6.54 Å². The lowest BCUT2D eigenvalue weighted by atomic mass is 10.2. The fraction of sp³-hybridized carbons (Fsp3) is 0.214. The molecule has 0 atom stereocenters. The number of pyridine rings is 1. The molecule has 112 valence electrons. The van der Waals surface area contributed by atoms with Gasteiger partial charge in [-0.1, -0.05) is 13.0 Å². The van der Waals surface area contributed by atoms with Gasteiger partial charge in [-0.15, -0.1) is 0 Å². The number of aromatic nitrogens is 1. The predicted octanol–water partition coefficient (Wildman–Crippen LogP) is 2.13. The molecule has 0 saturated carbocycles. The van der Waals surface area contributed by atoms with E-state index < -0.39 is 15.8 Å². The highest BCUT2D eigenvalue weighted by atomic mass is 32.2. The van der Waals surface area contributed by atoms with Crippen molar-refractivity contribution >= 4 is 15.7 Å². The van der Waals surface area contributed by atoms with Crippen molar-refractivity contribution < 1.29 is 12.8 Å².